The molecule has 0 aliphatic rings. The van der Waals surface area contributed by atoms with Gasteiger partial charge < -0.3 is 5.32 Å². The summed E-state index contributed by atoms with van der Waals surface area (Å²) in [7, 11) is -3.95. The molecule has 2 amide bonds. The van der Waals surface area contributed by atoms with Gasteiger partial charge in [-0.25, -0.2) is 17.9 Å². The SMILES string of the molecule is Cc1ccc(S(=O)(=O)NC(=O)NC(C)(C#N)C(C)C)cc1. The Bertz CT molecular complexity index is 660. The number of hydrogen-bond donors (Lipinski definition) is 2. The van der Waals surface area contributed by atoms with Gasteiger partial charge in [0.2, 0.25) is 0 Å². The van der Waals surface area contributed by atoms with Crippen molar-refractivity contribution in [2.24, 2.45) is 5.92 Å². The fourth-order valence-corrected chi connectivity index (χ4v) is 2.37. The third kappa shape index (κ3) is 4.20. The first-order valence-corrected chi connectivity index (χ1v) is 7.92. The molecule has 0 aliphatic heterocycles. The van der Waals surface area contributed by atoms with Gasteiger partial charge in [0.1, 0.15) is 5.54 Å². The highest BCUT2D eigenvalue weighted by molar-refractivity contribution is 7.90. The molecule has 0 saturated heterocycles. The van der Waals surface area contributed by atoms with Crippen molar-refractivity contribution in [3.05, 3.63) is 29.8 Å². The number of aryl methyl sites for hydroxylation is 1. The van der Waals surface area contributed by atoms with Gasteiger partial charge in [0.25, 0.3) is 10.0 Å². The molecular weight excluding hydrogens is 290 g/mol. The van der Waals surface area contributed by atoms with Crippen LogP contribution in [0, 0.1) is 24.2 Å². The summed E-state index contributed by atoms with van der Waals surface area (Å²) in [6, 6.07) is 7.16. The molecule has 0 heterocycles. The fraction of sp³-hybridized carbons (Fsp3) is 0.429. The largest absolute Gasteiger partial charge is 0.329 e. The molecule has 1 unspecified atom stereocenters. The number of carbonyl (C=O) groups is 1. The Morgan fingerprint density at radius 2 is 1.81 bits per heavy atom. The van der Waals surface area contributed by atoms with Gasteiger partial charge in [-0.3, -0.25) is 0 Å². The van der Waals surface area contributed by atoms with Crippen LogP contribution in [-0.2, 0) is 10.0 Å². The average Bonchev–Trinajstić information content (AvgIpc) is 2.37. The van der Waals surface area contributed by atoms with E-state index in [1.807, 2.05) is 17.7 Å². The highest BCUT2D eigenvalue weighted by Gasteiger charge is 2.31. The lowest BCUT2D eigenvalue weighted by Gasteiger charge is -2.27. The van der Waals surface area contributed by atoms with Crippen molar-refractivity contribution >= 4 is 16.1 Å². The van der Waals surface area contributed by atoms with Crippen LogP contribution < -0.4 is 10.0 Å². The van der Waals surface area contributed by atoms with Crippen molar-refractivity contribution in [1.82, 2.24) is 10.0 Å². The van der Waals surface area contributed by atoms with Gasteiger partial charge in [0, 0.05) is 0 Å². The minimum Gasteiger partial charge on any atom is -0.319 e. The van der Waals surface area contributed by atoms with Crippen molar-refractivity contribution in [3.63, 3.8) is 0 Å². The summed E-state index contributed by atoms with van der Waals surface area (Å²) >= 11 is 0. The summed E-state index contributed by atoms with van der Waals surface area (Å²) in [5.41, 5.74) is -0.234. The summed E-state index contributed by atoms with van der Waals surface area (Å²) in [5.74, 6) is -0.171. The van der Waals surface area contributed by atoms with E-state index in [0.29, 0.717) is 0 Å². The molecule has 6 nitrogen and oxygen atoms in total. The molecule has 1 aromatic rings. The zero-order valence-corrected chi connectivity index (χ0v) is 13.3. The number of amides is 2. The topological polar surface area (TPSA) is 99.1 Å². The maximum Gasteiger partial charge on any atom is 0.329 e. The highest BCUT2D eigenvalue weighted by Crippen LogP contribution is 2.15. The molecule has 21 heavy (non-hydrogen) atoms. The maximum atomic E-state index is 12.0. The van der Waals surface area contributed by atoms with Crippen molar-refractivity contribution in [1.29, 1.82) is 5.26 Å². The number of urea groups is 1. The predicted octanol–water partition coefficient (Wildman–Crippen LogP) is 1.92. The van der Waals surface area contributed by atoms with Crippen molar-refractivity contribution in [3.8, 4) is 6.07 Å². The number of nitriles is 1. The highest BCUT2D eigenvalue weighted by atomic mass is 32.2. The van der Waals surface area contributed by atoms with Gasteiger partial charge in [-0.1, -0.05) is 31.5 Å². The molecule has 0 saturated carbocycles. The molecule has 0 fully saturated rings. The number of sulfonamides is 1. The van der Waals surface area contributed by atoms with Gasteiger partial charge in [-0.15, -0.1) is 0 Å². The predicted molar refractivity (Wildman–Crippen MR) is 78.9 cm³/mol. The minimum absolute atomic E-state index is 0.00791. The number of nitrogens with one attached hydrogen (secondary N) is 2. The molecule has 114 valence electrons. The van der Waals surface area contributed by atoms with Crippen molar-refractivity contribution in [2.75, 3.05) is 0 Å². The zero-order valence-electron chi connectivity index (χ0n) is 12.5. The molecular formula is C14H19N3O3S. The maximum absolute atomic E-state index is 12.0. The molecule has 2 N–H and O–H groups in total. The molecule has 0 spiro atoms. The summed E-state index contributed by atoms with van der Waals surface area (Å²) < 4.78 is 26.0. The van der Waals surface area contributed by atoms with E-state index in [0.717, 1.165) is 5.56 Å². The van der Waals surface area contributed by atoms with Gasteiger partial charge in [0.05, 0.1) is 11.0 Å². The Balaban J connectivity index is 2.88. The number of benzene rings is 1. The van der Waals surface area contributed by atoms with Crippen LogP contribution in [0.4, 0.5) is 4.79 Å². The summed E-state index contributed by atoms with van der Waals surface area (Å²) in [5, 5.41) is 11.5. The lowest BCUT2D eigenvalue weighted by atomic mass is 9.90. The average molecular weight is 309 g/mol. The monoisotopic (exact) mass is 309 g/mol. The second-order valence-corrected chi connectivity index (χ2v) is 7.02. The number of hydrogen-bond acceptors (Lipinski definition) is 4. The summed E-state index contributed by atoms with van der Waals surface area (Å²) in [6.45, 7) is 6.89. The number of carbonyl (C=O) groups excluding carboxylic acids is 1. The molecule has 1 aromatic carbocycles. The Labute approximate surface area is 125 Å². The Morgan fingerprint density at radius 3 is 2.24 bits per heavy atom. The van der Waals surface area contributed by atoms with E-state index in [9.17, 15) is 13.2 Å². The van der Waals surface area contributed by atoms with E-state index >= 15 is 0 Å². The lowest BCUT2D eigenvalue weighted by Crippen LogP contribution is -2.53. The lowest BCUT2D eigenvalue weighted by molar-refractivity contribution is 0.231. The van der Waals surface area contributed by atoms with Crippen molar-refractivity contribution < 1.29 is 13.2 Å². The third-order valence-corrected chi connectivity index (χ3v) is 4.67. The molecule has 0 bridgehead atoms. The first-order valence-electron chi connectivity index (χ1n) is 6.43. The van der Waals surface area contributed by atoms with Crippen LogP contribution in [0.25, 0.3) is 0 Å². The quantitative estimate of drug-likeness (QED) is 0.887. The van der Waals surface area contributed by atoms with Crippen LogP contribution in [0.15, 0.2) is 29.2 Å². The minimum atomic E-state index is -3.95. The Kier molecular flexibility index (Phi) is 4.97. The number of nitrogens with zero attached hydrogens (tertiary/aromatic N) is 1. The van der Waals surface area contributed by atoms with Crippen LogP contribution in [0.2, 0.25) is 0 Å². The van der Waals surface area contributed by atoms with E-state index in [2.05, 4.69) is 5.32 Å². The second-order valence-electron chi connectivity index (χ2n) is 5.34. The van der Waals surface area contributed by atoms with Crippen LogP contribution in [0.5, 0.6) is 0 Å². The Morgan fingerprint density at radius 1 is 1.29 bits per heavy atom. The van der Waals surface area contributed by atoms with Gasteiger partial charge in [-0.2, -0.15) is 5.26 Å². The van der Waals surface area contributed by atoms with Gasteiger partial charge in [0.15, 0.2) is 0 Å². The molecule has 0 aliphatic carbocycles. The van der Waals surface area contributed by atoms with Crippen LogP contribution in [0.3, 0.4) is 0 Å². The van der Waals surface area contributed by atoms with E-state index in [1.165, 1.54) is 19.1 Å². The first kappa shape index (κ1) is 17.0. The normalized spacial score (nSPS) is 14.1. The van der Waals surface area contributed by atoms with E-state index in [1.54, 1.807) is 26.0 Å². The standard InChI is InChI=1S/C14H19N3O3S/c1-10(2)14(4,9-15)16-13(18)17-21(19,20)12-7-5-11(3)6-8-12/h5-8,10H,1-4H3,(H2,16,17,18). The van der Waals surface area contributed by atoms with Crippen LogP contribution in [-0.4, -0.2) is 20.0 Å². The van der Waals surface area contributed by atoms with Gasteiger partial charge >= 0.3 is 6.03 Å². The van der Waals surface area contributed by atoms with Crippen LogP contribution in [0.1, 0.15) is 26.3 Å². The summed E-state index contributed by atoms with van der Waals surface area (Å²) in [6.07, 6.45) is 0. The molecule has 1 atom stereocenters. The fourth-order valence-electron chi connectivity index (χ4n) is 1.46. The Hall–Kier alpha value is -2.07. The van der Waals surface area contributed by atoms with Crippen molar-refractivity contribution in [2.45, 2.75) is 38.1 Å². The molecule has 0 radical (unpaired) electrons. The van der Waals surface area contributed by atoms with Crippen LogP contribution >= 0.6 is 0 Å². The molecule has 0 aromatic heterocycles. The third-order valence-electron chi connectivity index (χ3n) is 3.32. The van der Waals surface area contributed by atoms with Gasteiger partial charge in [-0.05, 0) is 31.9 Å². The summed E-state index contributed by atoms with van der Waals surface area (Å²) in [4.78, 5) is 11.8. The van der Waals surface area contributed by atoms with E-state index in [-0.39, 0.29) is 10.8 Å². The smallest absolute Gasteiger partial charge is 0.319 e. The zero-order chi connectivity index (χ0) is 16.3. The first-order chi connectivity index (χ1) is 9.60. The van der Waals surface area contributed by atoms with E-state index < -0.39 is 21.6 Å². The molecule has 7 heteroatoms. The number of rotatable bonds is 4. The molecule has 1 rings (SSSR count). The second kappa shape index (κ2) is 6.14. The van der Waals surface area contributed by atoms with E-state index in [4.69, 9.17) is 5.26 Å².